The Balaban J connectivity index is 2.10. The SMILES string of the molecule is C[C@H]1CCCC[C@H]1Oc1ncc(C(N)=O)c(N)n1. The maximum absolute atomic E-state index is 11.0. The van der Waals surface area contributed by atoms with Crippen molar-refractivity contribution in [1.29, 1.82) is 0 Å². The van der Waals surface area contributed by atoms with Gasteiger partial charge in [-0.2, -0.15) is 4.98 Å². The van der Waals surface area contributed by atoms with Crippen LogP contribution < -0.4 is 16.2 Å². The van der Waals surface area contributed by atoms with Crippen LogP contribution in [0.3, 0.4) is 0 Å². The lowest BCUT2D eigenvalue weighted by Crippen LogP contribution is -2.29. The molecule has 4 N–H and O–H groups in total. The molecule has 2 rings (SSSR count). The van der Waals surface area contributed by atoms with Crippen molar-refractivity contribution in [3.63, 3.8) is 0 Å². The van der Waals surface area contributed by atoms with E-state index in [0.717, 1.165) is 19.3 Å². The molecule has 0 saturated heterocycles. The average molecular weight is 250 g/mol. The van der Waals surface area contributed by atoms with Crippen LogP contribution in [0.1, 0.15) is 43.0 Å². The minimum atomic E-state index is -0.634. The van der Waals surface area contributed by atoms with Crippen LogP contribution in [0.4, 0.5) is 5.82 Å². The third kappa shape index (κ3) is 2.69. The number of nitrogen functional groups attached to an aromatic ring is 1. The topological polar surface area (TPSA) is 104 Å². The van der Waals surface area contributed by atoms with E-state index in [1.807, 2.05) is 0 Å². The number of carbonyl (C=O) groups is 1. The van der Waals surface area contributed by atoms with Gasteiger partial charge in [0.15, 0.2) is 0 Å². The van der Waals surface area contributed by atoms with E-state index in [-0.39, 0.29) is 23.5 Å². The molecule has 0 radical (unpaired) electrons. The summed E-state index contributed by atoms with van der Waals surface area (Å²) in [5.41, 5.74) is 10.9. The summed E-state index contributed by atoms with van der Waals surface area (Å²) in [5, 5.41) is 0. The number of aromatic nitrogens is 2. The van der Waals surface area contributed by atoms with Gasteiger partial charge in [0.25, 0.3) is 5.91 Å². The van der Waals surface area contributed by atoms with Gasteiger partial charge in [0.05, 0.1) is 5.56 Å². The van der Waals surface area contributed by atoms with E-state index in [0.29, 0.717) is 5.92 Å². The lowest BCUT2D eigenvalue weighted by atomic mass is 9.88. The van der Waals surface area contributed by atoms with Gasteiger partial charge in [-0.3, -0.25) is 4.79 Å². The molecule has 1 heterocycles. The van der Waals surface area contributed by atoms with Crippen LogP contribution in [0.15, 0.2) is 6.20 Å². The Kier molecular flexibility index (Phi) is 3.64. The number of anilines is 1. The molecule has 0 bridgehead atoms. The van der Waals surface area contributed by atoms with Crippen molar-refractivity contribution in [2.75, 3.05) is 5.73 Å². The summed E-state index contributed by atoms with van der Waals surface area (Å²) in [6.45, 7) is 2.16. The van der Waals surface area contributed by atoms with Gasteiger partial charge in [0.2, 0.25) is 0 Å². The number of carbonyl (C=O) groups excluding carboxylic acids is 1. The second kappa shape index (κ2) is 5.20. The van der Waals surface area contributed by atoms with E-state index >= 15 is 0 Å². The third-order valence-electron chi connectivity index (χ3n) is 3.35. The average Bonchev–Trinajstić information content (AvgIpc) is 2.32. The predicted molar refractivity (Wildman–Crippen MR) is 67.0 cm³/mol. The van der Waals surface area contributed by atoms with Gasteiger partial charge < -0.3 is 16.2 Å². The van der Waals surface area contributed by atoms with Crippen molar-refractivity contribution >= 4 is 11.7 Å². The van der Waals surface area contributed by atoms with Crippen LogP contribution in [-0.4, -0.2) is 22.0 Å². The van der Waals surface area contributed by atoms with Crippen LogP contribution >= 0.6 is 0 Å². The highest BCUT2D eigenvalue weighted by atomic mass is 16.5. The highest BCUT2D eigenvalue weighted by Crippen LogP contribution is 2.27. The van der Waals surface area contributed by atoms with Crippen LogP contribution in [0.5, 0.6) is 6.01 Å². The normalized spacial score (nSPS) is 23.6. The first-order valence-electron chi connectivity index (χ1n) is 6.17. The number of nitrogens with two attached hydrogens (primary N) is 2. The Labute approximate surface area is 106 Å². The number of nitrogens with zero attached hydrogens (tertiary/aromatic N) is 2. The van der Waals surface area contributed by atoms with Crippen molar-refractivity contribution < 1.29 is 9.53 Å². The maximum Gasteiger partial charge on any atom is 0.318 e. The third-order valence-corrected chi connectivity index (χ3v) is 3.35. The minimum absolute atomic E-state index is 0.0657. The zero-order valence-electron chi connectivity index (χ0n) is 10.4. The number of amides is 1. The molecule has 1 aromatic heterocycles. The molecule has 1 amide bonds. The summed E-state index contributed by atoms with van der Waals surface area (Å²) < 4.78 is 5.73. The Hall–Kier alpha value is -1.85. The summed E-state index contributed by atoms with van der Waals surface area (Å²) in [6.07, 6.45) is 5.99. The molecule has 18 heavy (non-hydrogen) atoms. The highest BCUT2D eigenvalue weighted by Gasteiger charge is 2.24. The molecule has 98 valence electrons. The molecule has 1 aliphatic rings. The summed E-state index contributed by atoms with van der Waals surface area (Å²) in [7, 11) is 0. The number of rotatable bonds is 3. The summed E-state index contributed by atoms with van der Waals surface area (Å²) in [4.78, 5) is 18.9. The maximum atomic E-state index is 11.0. The zero-order valence-corrected chi connectivity index (χ0v) is 10.4. The van der Waals surface area contributed by atoms with Crippen molar-refractivity contribution in [2.24, 2.45) is 11.7 Å². The van der Waals surface area contributed by atoms with Gasteiger partial charge >= 0.3 is 6.01 Å². The lowest BCUT2D eigenvalue weighted by Gasteiger charge is -2.28. The highest BCUT2D eigenvalue weighted by molar-refractivity contribution is 5.96. The summed E-state index contributed by atoms with van der Waals surface area (Å²) in [6, 6.07) is 0.219. The van der Waals surface area contributed by atoms with Gasteiger partial charge in [0, 0.05) is 6.20 Å². The first kappa shape index (κ1) is 12.6. The first-order valence-corrected chi connectivity index (χ1v) is 6.17. The number of hydrogen-bond donors (Lipinski definition) is 2. The molecule has 0 aliphatic heterocycles. The first-order chi connectivity index (χ1) is 8.58. The fourth-order valence-electron chi connectivity index (χ4n) is 2.22. The van der Waals surface area contributed by atoms with Crippen LogP contribution in [0.25, 0.3) is 0 Å². The van der Waals surface area contributed by atoms with Gasteiger partial charge in [-0.15, -0.1) is 0 Å². The van der Waals surface area contributed by atoms with E-state index < -0.39 is 5.91 Å². The number of ether oxygens (including phenoxy) is 1. The quantitative estimate of drug-likeness (QED) is 0.836. The Morgan fingerprint density at radius 1 is 1.44 bits per heavy atom. The Morgan fingerprint density at radius 3 is 2.78 bits per heavy atom. The predicted octanol–water partition coefficient (Wildman–Crippen LogP) is 1.12. The molecule has 1 saturated carbocycles. The van der Waals surface area contributed by atoms with Crippen LogP contribution in [0.2, 0.25) is 0 Å². The summed E-state index contributed by atoms with van der Waals surface area (Å²) >= 11 is 0. The van der Waals surface area contributed by atoms with E-state index in [1.165, 1.54) is 12.6 Å². The second-order valence-corrected chi connectivity index (χ2v) is 4.73. The fraction of sp³-hybridized carbons (Fsp3) is 0.583. The molecule has 6 nitrogen and oxygen atoms in total. The Morgan fingerprint density at radius 2 is 2.17 bits per heavy atom. The molecule has 0 aromatic carbocycles. The smallest absolute Gasteiger partial charge is 0.318 e. The number of hydrogen-bond acceptors (Lipinski definition) is 5. The van der Waals surface area contributed by atoms with Crippen molar-refractivity contribution in [3.05, 3.63) is 11.8 Å². The fourth-order valence-corrected chi connectivity index (χ4v) is 2.22. The van der Waals surface area contributed by atoms with Crippen LogP contribution in [0, 0.1) is 5.92 Å². The molecule has 1 aromatic rings. The van der Waals surface area contributed by atoms with E-state index in [2.05, 4.69) is 16.9 Å². The largest absolute Gasteiger partial charge is 0.460 e. The molecular formula is C12H18N4O2. The number of primary amides is 1. The Bertz CT molecular complexity index is 450. The molecule has 1 aliphatic carbocycles. The van der Waals surface area contributed by atoms with E-state index in [9.17, 15) is 4.79 Å². The van der Waals surface area contributed by atoms with Gasteiger partial charge in [-0.25, -0.2) is 4.98 Å². The van der Waals surface area contributed by atoms with Gasteiger partial charge in [-0.1, -0.05) is 13.3 Å². The minimum Gasteiger partial charge on any atom is -0.460 e. The molecule has 0 spiro atoms. The molecule has 1 fully saturated rings. The van der Waals surface area contributed by atoms with Crippen LogP contribution in [-0.2, 0) is 0 Å². The van der Waals surface area contributed by atoms with Gasteiger partial charge in [-0.05, 0) is 25.2 Å². The van der Waals surface area contributed by atoms with E-state index in [1.54, 1.807) is 0 Å². The van der Waals surface area contributed by atoms with Crippen molar-refractivity contribution in [3.8, 4) is 6.01 Å². The zero-order chi connectivity index (χ0) is 13.1. The standard InChI is InChI=1S/C12H18N4O2/c1-7-4-2-3-5-9(7)18-12-15-6-8(11(14)17)10(13)16-12/h6-7,9H,2-5H2,1H3,(H2,14,17)(H2,13,15,16)/t7-,9+/m0/s1. The molecular weight excluding hydrogens is 232 g/mol. The monoisotopic (exact) mass is 250 g/mol. The van der Waals surface area contributed by atoms with E-state index in [4.69, 9.17) is 16.2 Å². The van der Waals surface area contributed by atoms with Crippen molar-refractivity contribution in [2.45, 2.75) is 38.7 Å². The summed E-state index contributed by atoms with van der Waals surface area (Å²) in [5.74, 6) is -0.0829. The molecule has 0 unspecified atom stereocenters. The van der Waals surface area contributed by atoms with Gasteiger partial charge in [0.1, 0.15) is 11.9 Å². The molecule has 2 atom stereocenters. The second-order valence-electron chi connectivity index (χ2n) is 4.73. The molecule has 6 heteroatoms. The lowest BCUT2D eigenvalue weighted by molar-refractivity contribution is 0.0921. The van der Waals surface area contributed by atoms with Crippen molar-refractivity contribution in [1.82, 2.24) is 9.97 Å².